The largest absolute Gasteiger partial charge is 0.374 e. The van der Waals surface area contributed by atoms with Crippen LogP contribution < -0.4 is 5.73 Å². The molecular weight excluding hydrogens is 290 g/mol. The van der Waals surface area contributed by atoms with Gasteiger partial charge in [-0.3, -0.25) is 4.98 Å². The summed E-state index contributed by atoms with van der Waals surface area (Å²) in [5.41, 5.74) is 5.58. The first kappa shape index (κ1) is 14.4. The van der Waals surface area contributed by atoms with Crippen molar-refractivity contribution in [3.05, 3.63) is 36.7 Å². The molecule has 1 aliphatic rings. The molecule has 112 valence electrons. The molecular formula is C14H17N3O3S. The Balaban J connectivity index is 2.04. The molecule has 6 nitrogen and oxygen atoms in total. The highest BCUT2D eigenvalue weighted by Gasteiger charge is 2.31. The number of hydrogen-bond acceptors (Lipinski definition) is 5. The van der Waals surface area contributed by atoms with Crippen molar-refractivity contribution in [3.8, 4) is 0 Å². The Hall–Kier alpha value is -1.54. The lowest BCUT2D eigenvalue weighted by Crippen LogP contribution is -2.48. The first-order chi connectivity index (χ1) is 10.1. The highest BCUT2D eigenvalue weighted by Crippen LogP contribution is 2.26. The summed E-state index contributed by atoms with van der Waals surface area (Å²) in [6.07, 6.45) is 3.02. The topological polar surface area (TPSA) is 85.5 Å². The summed E-state index contributed by atoms with van der Waals surface area (Å²) in [6, 6.07) is 6.94. The van der Waals surface area contributed by atoms with Crippen molar-refractivity contribution >= 4 is 20.8 Å². The van der Waals surface area contributed by atoms with Gasteiger partial charge in [-0.05, 0) is 12.1 Å². The Labute approximate surface area is 123 Å². The third-order valence-corrected chi connectivity index (χ3v) is 5.55. The molecule has 0 unspecified atom stereocenters. The molecule has 1 aromatic carbocycles. The average molecular weight is 307 g/mol. The Kier molecular flexibility index (Phi) is 3.90. The van der Waals surface area contributed by atoms with Gasteiger partial charge in [-0.25, -0.2) is 8.42 Å². The van der Waals surface area contributed by atoms with Crippen LogP contribution in [0.1, 0.15) is 0 Å². The highest BCUT2D eigenvalue weighted by molar-refractivity contribution is 7.89. The van der Waals surface area contributed by atoms with Gasteiger partial charge >= 0.3 is 0 Å². The highest BCUT2D eigenvalue weighted by atomic mass is 32.2. The third kappa shape index (κ3) is 2.65. The number of nitrogens with two attached hydrogens (primary N) is 1. The van der Waals surface area contributed by atoms with Crippen LogP contribution in [0, 0.1) is 0 Å². The number of aromatic nitrogens is 1. The summed E-state index contributed by atoms with van der Waals surface area (Å²) in [5, 5.41) is 1.49. The molecule has 0 bridgehead atoms. The van der Waals surface area contributed by atoms with Gasteiger partial charge in [0.15, 0.2) is 0 Å². The molecule has 2 N–H and O–H groups in total. The van der Waals surface area contributed by atoms with E-state index in [1.807, 2.05) is 6.07 Å². The molecule has 1 atom stereocenters. The summed E-state index contributed by atoms with van der Waals surface area (Å²) in [7, 11) is -3.56. The predicted molar refractivity (Wildman–Crippen MR) is 79.3 cm³/mol. The van der Waals surface area contributed by atoms with Gasteiger partial charge in [-0.15, -0.1) is 0 Å². The van der Waals surface area contributed by atoms with Gasteiger partial charge < -0.3 is 10.5 Å². The van der Waals surface area contributed by atoms with Crippen LogP contribution in [0.3, 0.4) is 0 Å². The van der Waals surface area contributed by atoms with Gasteiger partial charge in [0.1, 0.15) is 0 Å². The Morgan fingerprint density at radius 2 is 2.24 bits per heavy atom. The van der Waals surface area contributed by atoms with E-state index in [4.69, 9.17) is 10.5 Å². The van der Waals surface area contributed by atoms with Gasteiger partial charge in [0.25, 0.3) is 0 Å². The smallest absolute Gasteiger partial charge is 0.243 e. The van der Waals surface area contributed by atoms with Crippen molar-refractivity contribution in [1.29, 1.82) is 0 Å². The van der Waals surface area contributed by atoms with E-state index in [9.17, 15) is 8.42 Å². The minimum absolute atomic E-state index is 0.245. The van der Waals surface area contributed by atoms with E-state index in [0.29, 0.717) is 36.5 Å². The van der Waals surface area contributed by atoms with E-state index in [2.05, 4.69) is 4.98 Å². The van der Waals surface area contributed by atoms with Crippen LogP contribution in [0.25, 0.3) is 10.8 Å². The lowest BCUT2D eigenvalue weighted by molar-refractivity contribution is 0.00453. The fourth-order valence-electron chi connectivity index (χ4n) is 2.51. The quantitative estimate of drug-likeness (QED) is 0.896. The maximum absolute atomic E-state index is 12.9. The maximum atomic E-state index is 12.9. The van der Waals surface area contributed by atoms with E-state index < -0.39 is 10.0 Å². The fraction of sp³-hybridized carbons (Fsp3) is 0.357. The summed E-state index contributed by atoms with van der Waals surface area (Å²) >= 11 is 0. The SMILES string of the molecule is NC[C@H]1CN(S(=O)(=O)c2cccc3cnccc23)CCO1. The fourth-order valence-corrected chi connectivity index (χ4v) is 4.18. The van der Waals surface area contributed by atoms with E-state index in [0.717, 1.165) is 5.39 Å². The van der Waals surface area contributed by atoms with Crippen LogP contribution in [0.4, 0.5) is 0 Å². The first-order valence-corrected chi connectivity index (χ1v) is 8.21. The Morgan fingerprint density at radius 3 is 3.05 bits per heavy atom. The number of pyridine rings is 1. The maximum Gasteiger partial charge on any atom is 0.243 e. The van der Waals surface area contributed by atoms with Gasteiger partial charge in [0.2, 0.25) is 10.0 Å². The monoisotopic (exact) mass is 307 g/mol. The van der Waals surface area contributed by atoms with Crippen LogP contribution >= 0.6 is 0 Å². The van der Waals surface area contributed by atoms with Crippen molar-refractivity contribution in [2.75, 3.05) is 26.2 Å². The van der Waals surface area contributed by atoms with Crippen LogP contribution in [0.5, 0.6) is 0 Å². The number of nitrogens with zero attached hydrogens (tertiary/aromatic N) is 2. The second-order valence-electron chi connectivity index (χ2n) is 4.94. The van der Waals surface area contributed by atoms with E-state index in [1.165, 1.54) is 4.31 Å². The number of sulfonamides is 1. The number of fused-ring (bicyclic) bond motifs is 1. The van der Waals surface area contributed by atoms with Crippen LogP contribution in [-0.4, -0.2) is 50.1 Å². The molecule has 1 aliphatic heterocycles. The van der Waals surface area contributed by atoms with Gasteiger partial charge in [0, 0.05) is 42.8 Å². The minimum atomic E-state index is -3.56. The third-order valence-electron chi connectivity index (χ3n) is 3.62. The van der Waals surface area contributed by atoms with Crippen molar-refractivity contribution < 1.29 is 13.2 Å². The molecule has 0 radical (unpaired) electrons. The summed E-state index contributed by atoms with van der Waals surface area (Å²) < 4.78 is 32.6. The summed E-state index contributed by atoms with van der Waals surface area (Å²) in [6.45, 7) is 1.32. The standard InChI is InChI=1S/C14H17N3O3S/c15-8-12-10-17(6-7-20-12)21(18,19)14-3-1-2-11-9-16-5-4-13(11)14/h1-5,9,12H,6-8,10,15H2/t12-/m0/s1. The number of morpholine rings is 1. The number of ether oxygens (including phenoxy) is 1. The van der Waals surface area contributed by atoms with Gasteiger partial charge in [0.05, 0.1) is 17.6 Å². The van der Waals surface area contributed by atoms with E-state index in [-0.39, 0.29) is 6.10 Å². The van der Waals surface area contributed by atoms with Crippen LogP contribution in [0.2, 0.25) is 0 Å². The molecule has 21 heavy (non-hydrogen) atoms. The molecule has 1 saturated heterocycles. The number of rotatable bonds is 3. The zero-order chi connectivity index (χ0) is 14.9. The first-order valence-electron chi connectivity index (χ1n) is 6.77. The average Bonchev–Trinajstić information content (AvgIpc) is 2.54. The lowest BCUT2D eigenvalue weighted by Gasteiger charge is -2.31. The Morgan fingerprint density at radius 1 is 1.38 bits per heavy atom. The molecule has 7 heteroatoms. The molecule has 0 aliphatic carbocycles. The predicted octanol–water partition coefficient (Wildman–Crippen LogP) is 0.583. The van der Waals surface area contributed by atoms with Crippen molar-refractivity contribution in [2.45, 2.75) is 11.0 Å². The van der Waals surface area contributed by atoms with E-state index >= 15 is 0 Å². The lowest BCUT2D eigenvalue weighted by atomic mass is 10.2. The zero-order valence-electron chi connectivity index (χ0n) is 11.5. The molecule has 0 amide bonds. The Bertz CT molecular complexity index is 743. The second-order valence-corrected chi connectivity index (χ2v) is 6.85. The minimum Gasteiger partial charge on any atom is -0.374 e. The normalized spacial score (nSPS) is 20.7. The molecule has 1 aromatic heterocycles. The van der Waals surface area contributed by atoms with Crippen LogP contribution in [-0.2, 0) is 14.8 Å². The van der Waals surface area contributed by atoms with Gasteiger partial charge in [-0.2, -0.15) is 4.31 Å². The van der Waals surface area contributed by atoms with Crippen molar-refractivity contribution in [3.63, 3.8) is 0 Å². The molecule has 3 rings (SSSR count). The van der Waals surface area contributed by atoms with E-state index in [1.54, 1.807) is 30.6 Å². The van der Waals surface area contributed by atoms with Crippen molar-refractivity contribution in [2.24, 2.45) is 5.73 Å². The molecule has 1 fully saturated rings. The molecule has 0 saturated carbocycles. The number of benzene rings is 1. The van der Waals surface area contributed by atoms with Gasteiger partial charge in [-0.1, -0.05) is 12.1 Å². The zero-order valence-corrected chi connectivity index (χ0v) is 12.3. The van der Waals surface area contributed by atoms with Crippen LogP contribution in [0.15, 0.2) is 41.6 Å². The second kappa shape index (κ2) is 5.69. The van der Waals surface area contributed by atoms with Crippen molar-refractivity contribution in [1.82, 2.24) is 9.29 Å². The summed E-state index contributed by atoms with van der Waals surface area (Å²) in [4.78, 5) is 4.33. The molecule has 2 aromatic rings. The summed E-state index contributed by atoms with van der Waals surface area (Å²) in [5.74, 6) is 0. The molecule has 0 spiro atoms. The molecule has 2 heterocycles. The number of hydrogen-bond donors (Lipinski definition) is 1.